The van der Waals surface area contributed by atoms with E-state index in [1.54, 1.807) is 6.26 Å². The van der Waals surface area contributed by atoms with Crippen molar-refractivity contribution < 1.29 is 9.52 Å². The molecule has 2 heterocycles. The number of benzene rings is 2. The van der Waals surface area contributed by atoms with Crippen molar-refractivity contribution in [2.45, 2.75) is 13.2 Å². The van der Waals surface area contributed by atoms with Crippen LogP contribution in [0.15, 0.2) is 71.3 Å². The number of aliphatic hydroxyl groups excluding tert-OH is 1. The molecule has 0 saturated heterocycles. The molecule has 0 radical (unpaired) electrons. The summed E-state index contributed by atoms with van der Waals surface area (Å²) in [5, 5.41) is 15.0. The van der Waals surface area contributed by atoms with Gasteiger partial charge in [0.25, 0.3) is 0 Å². The number of fused-ring (bicyclic) bond motifs is 1. The highest BCUT2D eigenvalue weighted by Crippen LogP contribution is 2.29. The molecule has 4 heteroatoms. The van der Waals surface area contributed by atoms with Crippen LogP contribution in [0.25, 0.3) is 22.2 Å². The van der Waals surface area contributed by atoms with Crippen LogP contribution in [0.3, 0.4) is 0 Å². The zero-order valence-electron chi connectivity index (χ0n) is 12.5. The number of nitrogens with zero attached hydrogens (tertiary/aromatic N) is 2. The molecule has 0 aliphatic heterocycles. The summed E-state index contributed by atoms with van der Waals surface area (Å²) in [4.78, 5) is 0. The van der Waals surface area contributed by atoms with Gasteiger partial charge in [-0.3, -0.25) is 4.68 Å². The minimum Gasteiger partial charge on any atom is -0.466 e. The van der Waals surface area contributed by atoms with Crippen LogP contribution >= 0.6 is 0 Å². The Morgan fingerprint density at radius 3 is 2.57 bits per heavy atom. The van der Waals surface area contributed by atoms with E-state index in [1.807, 2.05) is 41.1 Å². The van der Waals surface area contributed by atoms with Crippen LogP contribution in [0.1, 0.15) is 11.3 Å². The molecule has 0 amide bonds. The Morgan fingerprint density at radius 1 is 1.00 bits per heavy atom. The summed E-state index contributed by atoms with van der Waals surface area (Å²) in [6.45, 7) is 0.606. The molecular formula is C19H16N2O2. The minimum absolute atomic E-state index is 0.108. The van der Waals surface area contributed by atoms with Gasteiger partial charge >= 0.3 is 0 Å². The van der Waals surface area contributed by atoms with Gasteiger partial charge in [0.05, 0.1) is 12.1 Å². The quantitative estimate of drug-likeness (QED) is 0.623. The smallest absolute Gasteiger partial charge is 0.129 e. The van der Waals surface area contributed by atoms with Crippen molar-refractivity contribution >= 4 is 10.9 Å². The fourth-order valence-corrected chi connectivity index (χ4v) is 2.81. The molecule has 0 bridgehead atoms. The summed E-state index contributed by atoms with van der Waals surface area (Å²) >= 11 is 0. The third-order valence-corrected chi connectivity index (χ3v) is 3.92. The fraction of sp³-hybridized carbons (Fsp3) is 0.105. The molecule has 0 saturated carbocycles. The fourth-order valence-electron chi connectivity index (χ4n) is 2.81. The molecular weight excluding hydrogens is 288 g/mol. The van der Waals surface area contributed by atoms with E-state index in [0.29, 0.717) is 12.3 Å². The summed E-state index contributed by atoms with van der Waals surface area (Å²) in [6.07, 6.45) is 1.65. The molecule has 2 aromatic carbocycles. The monoisotopic (exact) mass is 304 g/mol. The van der Waals surface area contributed by atoms with E-state index < -0.39 is 0 Å². The zero-order valence-corrected chi connectivity index (χ0v) is 12.5. The van der Waals surface area contributed by atoms with Crippen LogP contribution < -0.4 is 0 Å². The predicted octanol–water partition coefficient (Wildman–Crippen LogP) is 3.84. The number of aliphatic hydroxyl groups is 1. The second kappa shape index (κ2) is 5.74. The van der Waals surface area contributed by atoms with E-state index in [2.05, 4.69) is 24.3 Å². The molecule has 2 aromatic heterocycles. The van der Waals surface area contributed by atoms with E-state index in [0.717, 1.165) is 22.2 Å². The topological polar surface area (TPSA) is 51.2 Å². The lowest BCUT2D eigenvalue weighted by atomic mass is 10.1. The summed E-state index contributed by atoms with van der Waals surface area (Å²) in [6, 6.07) is 20.3. The lowest BCUT2D eigenvalue weighted by molar-refractivity contribution is 0.247. The molecule has 0 spiro atoms. The third-order valence-electron chi connectivity index (χ3n) is 3.92. The van der Waals surface area contributed by atoms with Gasteiger partial charge in [-0.2, -0.15) is 5.10 Å². The van der Waals surface area contributed by atoms with E-state index in [-0.39, 0.29) is 6.61 Å². The Kier molecular flexibility index (Phi) is 3.44. The van der Waals surface area contributed by atoms with Gasteiger partial charge in [0.2, 0.25) is 0 Å². The van der Waals surface area contributed by atoms with Crippen molar-refractivity contribution in [3.05, 3.63) is 78.3 Å². The number of hydrogen-bond acceptors (Lipinski definition) is 3. The second-order valence-electron chi connectivity index (χ2n) is 5.47. The maximum absolute atomic E-state index is 9.19. The van der Waals surface area contributed by atoms with Gasteiger partial charge in [-0.25, -0.2) is 0 Å². The molecule has 0 aliphatic carbocycles. The van der Waals surface area contributed by atoms with Gasteiger partial charge in [-0.15, -0.1) is 0 Å². The first-order valence-corrected chi connectivity index (χ1v) is 7.53. The van der Waals surface area contributed by atoms with Crippen LogP contribution in [0.4, 0.5) is 0 Å². The average molecular weight is 304 g/mol. The predicted molar refractivity (Wildman–Crippen MR) is 88.9 cm³/mol. The molecule has 0 fully saturated rings. The number of rotatable bonds is 4. The summed E-state index contributed by atoms with van der Waals surface area (Å²) in [7, 11) is 0. The van der Waals surface area contributed by atoms with Gasteiger partial charge in [0, 0.05) is 10.9 Å². The van der Waals surface area contributed by atoms with Crippen LogP contribution in [0.2, 0.25) is 0 Å². The number of furan rings is 1. The Balaban J connectivity index is 1.83. The number of aromatic nitrogens is 2. The van der Waals surface area contributed by atoms with Crippen LogP contribution in [-0.2, 0) is 13.2 Å². The highest BCUT2D eigenvalue weighted by Gasteiger charge is 2.14. The van der Waals surface area contributed by atoms with E-state index >= 15 is 0 Å². The van der Waals surface area contributed by atoms with Crippen molar-refractivity contribution in [2.24, 2.45) is 0 Å². The Bertz CT molecular complexity index is 938. The molecule has 0 unspecified atom stereocenters. The SMILES string of the molecule is OCc1cc(-c2nn(Cc3ccccc3)c3ccccc23)co1. The standard InChI is InChI=1S/C19H16N2O2/c22-12-16-10-15(13-23-16)19-17-8-4-5-9-18(17)21(20-19)11-14-6-2-1-3-7-14/h1-10,13,22H,11-12H2. The van der Waals surface area contributed by atoms with Gasteiger partial charge in [-0.1, -0.05) is 48.5 Å². The maximum Gasteiger partial charge on any atom is 0.129 e. The van der Waals surface area contributed by atoms with Crippen molar-refractivity contribution in [3.8, 4) is 11.3 Å². The normalized spacial score (nSPS) is 11.2. The number of hydrogen-bond donors (Lipinski definition) is 1. The molecule has 4 aromatic rings. The zero-order chi connectivity index (χ0) is 15.6. The molecule has 0 aliphatic rings. The molecule has 114 valence electrons. The van der Waals surface area contributed by atoms with Gasteiger partial charge < -0.3 is 9.52 Å². The highest BCUT2D eigenvalue weighted by molar-refractivity contribution is 5.93. The maximum atomic E-state index is 9.19. The molecule has 23 heavy (non-hydrogen) atoms. The Morgan fingerprint density at radius 2 is 1.78 bits per heavy atom. The van der Waals surface area contributed by atoms with Crippen molar-refractivity contribution in [1.29, 1.82) is 0 Å². The van der Waals surface area contributed by atoms with E-state index in [4.69, 9.17) is 9.52 Å². The van der Waals surface area contributed by atoms with Gasteiger partial charge in [0.15, 0.2) is 0 Å². The largest absolute Gasteiger partial charge is 0.466 e. The van der Waals surface area contributed by atoms with Gasteiger partial charge in [-0.05, 0) is 17.7 Å². The minimum atomic E-state index is -0.108. The lowest BCUT2D eigenvalue weighted by Crippen LogP contribution is -2.01. The lowest BCUT2D eigenvalue weighted by Gasteiger charge is -2.03. The third kappa shape index (κ3) is 2.53. The van der Waals surface area contributed by atoms with E-state index in [1.165, 1.54) is 5.56 Å². The number of para-hydroxylation sites is 1. The van der Waals surface area contributed by atoms with Crippen LogP contribution in [0.5, 0.6) is 0 Å². The molecule has 1 N–H and O–H groups in total. The molecule has 4 rings (SSSR count). The Labute approximate surface area is 133 Å². The van der Waals surface area contributed by atoms with Crippen LogP contribution in [0, 0.1) is 0 Å². The summed E-state index contributed by atoms with van der Waals surface area (Å²) < 4.78 is 7.35. The van der Waals surface area contributed by atoms with Crippen molar-refractivity contribution in [1.82, 2.24) is 9.78 Å². The summed E-state index contributed by atoms with van der Waals surface area (Å²) in [5.41, 5.74) is 4.05. The Hall–Kier alpha value is -2.85. The second-order valence-corrected chi connectivity index (χ2v) is 5.47. The summed E-state index contributed by atoms with van der Waals surface area (Å²) in [5.74, 6) is 0.543. The van der Waals surface area contributed by atoms with Crippen molar-refractivity contribution in [3.63, 3.8) is 0 Å². The first-order valence-electron chi connectivity index (χ1n) is 7.53. The average Bonchev–Trinajstić information content (AvgIpc) is 3.21. The molecule has 0 atom stereocenters. The van der Waals surface area contributed by atoms with E-state index in [9.17, 15) is 5.11 Å². The first kappa shape index (κ1) is 13.8. The first-order chi connectivity index (χ1) is 11.3. The van der Waals surface area contributed by atoms with Gasteiger partial charge in [0.1, 0.15) is 24.3 Å². The molecule has 4 nitrogen and oxygen atoms in total. The van der Waals surface area contributed by atoms with Crippen LogP contribution in [-0.4, -0.2) is 14.9 Å². The highest BCUT2D eigenvalue weighted by atomic mass is 16.4. The van der Waals surface area contributed by atoms with Crippen molar-refractivity contribution in [2.75, 3.05) is 0 Å².